The fourth-order valence-electron chi connectivity index (χ4n) is 2.34. The van der Waals surface area contributed by atoms with E-state index in [2.05, 4.69) is 53.8 Å². The molecule has 1 amide bonds. The van der Waals surface area contributed by atoms with E-state index in [-0.39, 0.29) is 5.91 Å². The van der Waals surface area contributed by atoms with Crippen molar-refractivity contribution >= 4 is 21.8 Å². The molecule has 1 rings (SSSR count). The smallest absolute Gasteiger partial charge is 0.260 e. The molecule has 0 spiro atoms. The molecule has 0 aromatic heterocycles. The van der Waals surface area contributed by atoms with Crippen molar-refractivity contribution < 1.29 is 9.53 Å². The molecule has 0 aliphatic rings. The Kier molecular flexibility index (Phi) is 7.90. The van der Waals surface area contributed by atoms with Gasteiger partial charge in [0.15, 0.2) is 6.10 Å². The number of hydrogen-bond acceptors (Lipinski definition) is 3. The van der Waals surface area contributed by atoms with Crippen LogP contribution in [0.1, 0.15) is 34.6 Å². The SMILES string of the molecule is CC(Oc1ccc(Br)cc1)C(=O)NCCN(C(C)C)C(C)C. The molecule has 0 aliphatic heterocycles. The number of benzene rings is 1. The van der Waals surface area contributed by atoms with Gasteiger partial charge in [-0.3, -0.25) is 9.69 Å². The maximum Gasteiger partial charge on any atom is 0.260 e. The molecule has 22 heavy (non-hydrogen) atoms. The molecule has 1 unspecified atom stereocenters. The summed E-state index contributed by atoms with van der Waals surface area (Å²) in [5.41, 5.74) is 0. The summed E-state index contributed by atoms with van der Waals surface area (Å²) in [6.45, 7) is 11.9. The van der Waals surface area contributed by atoms with E-state index in [0.717, 1.165) is 11.0 Å². The van der Waals surface area contributed by atoms with Gasteiger partial charge in [-0.25, -0.2) is 0 Å². The zero-order valence-corrected chi connectivity index (χ0v) is 15.7. The third-order valence-corrected chi connectivity index (χ3v) is 4.02. The molecule has 0 aliphatic carbocycles. The van der Waals surface area contributed by atoms with E-state index in [4.69, 9.17) is 4.74 Å². The number of nitrogens with zero attached hydrogens (tertiary/aromatic N) is 1. The van der Waals surface area contributed by atoms with E-state index >= 15 is 0 Å². The Morgan fingerprint density at radius 1 is 1.14 bits per heavy atom. The molecule has 4 nitrogen and oxygen atoms in total. The van der Waals surface area contributed by atoms with Crippen LogP contribution in [-0.2, 0) is 4.79 Å². The summed E-state index contributed by atoms with van der Waals surface area (Å²) in [5, 5.41) is 2.94. The molecule has 1 atom stereocenters. The highest BCUT2D eigenvalue weighted by molar-refractivity contribution is 9.10. The van der Waals surface area contributed by atoms with Crippen LogP contribution < -0.4 is 10.1 Å². The zero-order valence-electron chi connectivity index (χ0n) is 14.1. The molecular formula is C17H27BrN2O2. The number of carbonyl (C=O) groups excluding carboxylic acids is 1. The quantitative estimate of drug-likeness (QED) is 0.761. The van der Waals surface area contributed by atoms with Crippen LogP contribution in [0.15, 0.2) is 28.7 Å². The molecular weight excluding hydrogens is 344 g/mol. The second-order valence-corrected chi connectivity index (χ2v) is 6.85. The second-order valence-electron chi connectivity index (χ2n) is 5.93. The van der Waals surface area contributed by atoms with Crippen molar-refractivity contribution in [1.82, 2.24) is 10.2 Å². The predicted molar refractivity (Wildman–Crippen MR) is 94.2 cm³/mol. The Hall–Kier alpha value is -1.07. The Morgan fingerprint density at radius 2 is 1.68 bits per heavy atom. The van der Waals surface area contributed by atoms with Crippen LogP contribution in [0, 0.1) is 0 Å². The molecule has 1 aromatic rings. The molecule has 1 aromatic carbocycles. The first-order chi connectivity index (χ1) is 10.3. The minimum Gasteiger partial charge on any atom is -0.481 e. The van der Waals surface area contributed by atoms with Crippen LogP contribution in [0.4, 0.5) is 0 Å². The van der Waals surface area contributed by atoms with Crippen LogP contribution in [0.25, 0.3) is 0 Å². The lowest BCUT2D eigenvalue weighted by molar-refractivity contribution is -0.127. The molecule has 0 bridgehead atoms. The van der Waals surface area contributed by atoms with E-state index in [1.54, 1.807) is 6.92 Å². The van der Waals surface area contributed by atoms with E-state index in [0.29, 0.717) is 24.4 Å². The van der Waals surface area contributed by atoms with Crippen molar-refractivity contribution in [1.29, 1.82) is 0 Å². The summed E-state index contributed by atoms with van der Waals surface area (Å²) in [4.78, 5) is 14.4. The predicted octanol–water partition coefficient (Wildman–Crippen LogP) is 3.45. The lowest BCUT2D eigenvalue weighted by Crippen LogP contribution is -2.44. The minimum atomic E-state index is -0.507. The molecule has 0 saturated heterocycles. The van der Waals surface area contributed by atoms with Crippen molar-refractivity contribution in [2.75, 3.05) is 13.1 Å². The monoisotopic (exact) mass is 370 g/mol. The van der Waals surface area contributed by atoms with E-state index in [9.17, 15) is 4.79 Å². The van der Waals surface area contributed by atoms with Gasteiger partial charge in [0.25, 0.3) is 5.91 Å². The Bertz CT molecular complexity index is 452. The van der Waals surface area contributed by atoms with Crippen LogP contribution >= 0.6 is 15.9 Å². The summed E-state index contributed by atoms with van der Waals surface area (Å²) in [6.07, 6.45) is -0.507. The normalized spacial score (nSPS) is 12.8. The van der Waals surface area contributed by atoms with Gasteiger partial charge in [-0.1, -0.05) is 15.9 Å². The summed E-state index contributed by atoms with van der Waals surface area (Å²) >= 11 is 3.37. The number of rotatable bonds is 8. The number of carbonyl (C=O) groups is 1. The average molecular weight is 371 g/mol. The summed E-state index contributed by atoms with van der Waals surface area (Å²) in [7, 11) is 0. The highest BCUT2D eigenvalue weighted by Gasteiger charge is 2.16. The minimum absolute atomic E-state index is 0.0876. The fourth-order valence-corrected chi connectivity index (χ4v) is 2.60. The standard InChI is InChI=1S/C17H27BrN2O2/c1-12(2)20(13(3)4)11-10-19-17(21)14(5)22-16-8-6-15(18)7-9-16/h6-9,12-14H,10-11H2,1-5H3,(H,19,21). The van der Waals surface area contributed by atoms with E-state index < -0.39 is 6.10 Å². The Balaban J connectivity index is 2.39. The van der Waals surface area contributed by atoms with Crippen LogP contribution in [0.3, 0.4) is 0 Å². The molecule has 1 N–H and O–H groups in total. The maximum atomic E-state index is 12.1. The van der Waals surface area contributed by atoms with Crippen molar-refractivity contribution in [3.05, 3.63) is 28.7 Å². The van der Waals surface area contributed by atoms with Crippen molar-refractivity contribution in [3.63, 3.8) is 0 Å². The van der Waals surface area contributed by atoms with Gasteiger partial charge < -0.3 is 10.1 Å². The second kappa shape index (κ2) is 9.16. The topological polar surface area (TPSA) is 41.6 Å². The van der Waals surface area contributed by atoms with Gasteiger partial charge in [0.1, 0.15) is 5.75 Å². The third kappa shape index (κ3) is 6.36. The van der Waals surface area contributed by atoms with Gasteiger partial charge >= 0.3 is 0 Å². The first-order valence-electron chi connectivity index (χ1n) is 7.77. The number of amides is 1. The molecule has 0 saturated carbocycles. The third-order valence-electron chi connectivity index (χ3n) is 3.49. The first-order valence-corrected chi connectivity index (χ1v) is 8.56. The number of ether oxygens (including phenoxy) is 1. The lowest BCUT2D eigenvalue weighted by Gasteiger charge is -2.30. The van der Waals surface area contributed by atoms with Gasteiger partial charge in [-0.2, -0.15) is 0 Å². The molecule has 0 radical (unpaired) electrons. The number of halogens is 1. The largest absolute Gasteiger partial charge is 0.481 e. The molecule has 0 heterocycles. The number of nitrogens with one attached hydrogen (secondary N) is 1. The van der Waals surface area contributed by atoms with Gasteiger partial charge in [0.05, 0.1) is 0 Å². The van der Waals surface area contributed by atoms with Crippen molar-refractivity contribution in [3.8, 4) is 5.75 Å². The Labute approximate surface area is 142 Å². The number of hydrogen-bond donors (Lipinski definition) is 1. The molecule has 124 valence electrons. The maximum absolute atomic E-state index is 12.1. The van der Waals surface area contributed by atoms with Crippen molar-refractivity contribution in [2.24, 2.45) is 0 Å². The van der Waals surface area contributed by atoms with E-state index in [1.807, 2.05) is 24.3 Å². The molecule has 5 heteroatoms. The lowest BCUT2D eigenvalue weighted by atomic mass is 10.2. The van der Waals surface area contributed by atoms with E-state index in [1.165, 1.54) is 0 Å². The summed E-state index contributed by atoms with van der Waals surface area (Å²) in [5.74, 6) is 0.604. The van der Waals surface area contributed by atoms with Crippen molar-refractivity contribution in [2.45, 2.75) is 52.8 Å². The average Bonchev–Trinajstić information content (AvgIpc) is 2.44. The van der Waals surface area contributed by atoms with Gasteiger partial charge in [-0.05, 0) is 58.9 Å². The molecule has 0 fully saturated rings. The van der Waals surface area contributed by atoms with Crippen LogP contribution in [0.2, 0.25) is 0 Å². The van der Waals surface area contributed by atoms with Gasteiger partial charge in [0, 0.05) is 29.6 Å². The van der Waals surface area contributed by atoms with Gasteiger partial charge in [0.2, 0.25) is 0 Å². The summed E-state index contributed by atoms with van der Waals surface area (Å²) in [6, 6.07) is 8.40. The first kappa shape index (κ1) is 19.0. The highest BCUT2D eigenvalue weighted by Crippen LogP contribution is 2.17. The zero-order chi connectivity index (χ0) is 16.7. The summed E-state index contributed by atoms with van der Waals surface area (Å²) < 4.78 is 6.62. The van der Waals surface area contributed by atoms with Gasteiger partial charge in [-0.15, -0.1) is 0 Å². The van der Waals surface area contributed by atoms with Crippen LogP contribution in [0.5, 0.6) is 5.75 Å². The Morgan fingerprint density at radius 3 is 2.18 bits per heavy atom. The highest BCUT2D eigenvalue weighted by atomic mass is 79.9. The van der Waals surface area contributed by atoms with Crippen LogP contribution in [-0.4, -0.2) is 42.1 Å². The fraction of sp³-hybridized carbons (Fsp3) is 0.588.